The summed E-state index contributed by atoms with van der Waals surface area (Å²) in [6.07, 6.45) is 0. The molecule has 234 valence electrons. The Morgan fingerprint density at radius 1 is 0.429 bits per heavy atom. The summed E-state index contributed by atoms with van der Waals surface area (Å²) in [5.74, 6) is 0. The standard InChI is InChI=1S/C46H34N2S/c1-46(2,3)31-20-16-29(17-21-31)30-18-22-32(23-19-30)47-39-13-7-5-11-35(39)38-28-33(24-26-41(38)47)48-40-14-8-4-10-34(40)36-25-27-43-44(45(36)48)37-12-6-9-15-42(37)49-43/h4-28H,1-3H3. The molecule has 0 aliphatic heterocycles. The second kappa shape index (κ2) is 10.4. The Kier molecular flexibility index (Phi) is 6.04. The number of benzene rings is 7. The fourth-order valence-corrected chi connectivity index (χ4v) is 8.99. The summed E-state index contributed by atoms with van der Waals surface area (Å²) in [4.78, 5) is 0. The van der Waals surface area contributed by atoms with Gasteiger partial charge in [0, 0.05) is 53.1 Å². The summed E-state index contributed by atoms with van der Waals surface area (Å²) in [5, 5.41) is 7.75. The van der Waals surface area contributed by atoms with Gasteiger partial charge >= 0.3 is 0 Å². The van der Waals surface area contributed by atoms with Gasteiger partial charge in [-0.2, -0.15) is 0 Å². The van der Waals surface area contributed by atoms with E-state index in [1.807, 2.05) is 11.3 Å². The first-order valence-corrected chi connectivity index (χ1v) is 17.8. The van der Waals surface area contributed by atoms with E-state index in [9.17, 15) is 0 Å². The topological polar surface area (TPSA) is 9.86 Å². The zero-order valence-electron chi connectivity index (χ0n) is 27.7. The fraction of sp³-hybridized carbons (Fsp3) is 0.0870. The summed E-state index contributed by atoms with van der Waals surface area (Å²) in [5.41, 5.74) is 11.2. The van der Waals surface area contributed by atoms with Gasteiger partial charge in [-0.1, -0.05) is 118 Å². The third kappa shape index (κ3) is 4.25. The van der Waals surface area contributed by atoms with Gasteiger partial charge < -0.3 is 9.13 Å². The van der Waals surface area contributed by atoms with Crippen LogP contribution in [-0.4, -0.2) is 9.13 Å². The third-order valence-corrected chi connectivity index (χ3v) is 11.4. The molecule has 0 radical (unpaired) electrons. The fourth-order valence-electron chi connectivity index (χ4n) is 7.88. The lowest BCUT2D eigenvalue weighted by molar-refractivity contribution is 0.590. The van der Waals surface area contributed by atoms with Gasteiger partial charge in [0.2, 0.25) is 0 Å². The number of para-hydroxylation sites is 2. The SMILES string of the molecule is CC(C)(C)c1ccc(-c2ccc(-n3c4ccccc4c4cc(-n5c6ccccc6c6ccc7sc8ccccc8c7c65)ccc43)cc2)cc1. The Labute approximate surface area is 289 Å². The van der Waals surface area contributed by atoms with Crippen LogP contribution in [0.3, 0.4) is 0 Å². The van der Waals surface area contributed by atoms with Crippen molar-refractivity contribution in [1.82, 2.24) is 9.13 Å². The van der Waals surface area contributed by atoms with Gasteiger partial charge in [0.25, 0.3) is 0 Å². The smallest absolute Gasteiger partial charge is 0.0634 e. The number of rotatable bonds is 3. The average Bonchev–Trinajstić information content (AvgIpc) is 3.79. The molecule has 49 heavy (non-hydrogen) atoms. The molecule has 2 nitrogen and oxygen atoms in total. The van der Waals surface area contributed by atoms with Gasteiger partial charge in [-0.05, 0) is 76.7 Å². The Morgan fingerprint density at radius 2 is 1.00 bits per heavy atom. The highest BCUT2D eigenvalue weighted by atomic mass is 32.1. The van der Waals surface area contributed by atoms with Crippen molar-refractivity contribution in [2.75, 3.05) is 0 Å². The number of nitrogens with zero attached hydrogens (tertiary/aromatic N) is 2. The van der Waals surface area contributed by atoms with E-state index in [4.69, 9.17) is 0 Å². The van der Waals surface area contributed by atoms with Crippen LogP contribution in [0.4, 0.5) is 0 Å². The molecule has 10 rings (SSSR count). The van der Waals surface area contributed by atoms with Crippen LogP contribution in [0.1, 0.15) is 26.3 Å². The highest BCUT2D eigenvalue weighted by molar-refractivity contribution is 7.26. The van der Waals surface area contributed by atoms with Crippen LogP contribution in [0.2, 0.25) is 0 Å². The van der Waals surface area contributed by atoms with Crippen molar-refractivity contribution in [3.8, 4) is 22.5 Å². The molecule has 3 aromatic heterocycles. The highest BCUT2D eigenvalue weighted by Gasteiger charge is 2.20. The van der Waals surface area contributed by atoms with E-state index in [2.05, 4.69) is 182 Å². The molecule has 0 aliphatic rings. The number of hydrogen-bond donors (Lipinski definition) is 0. The van der Waals surface area contributed by atoms with Gasteiger partial charge in [0.15, 0.2) is 0 Å². The molecule has 7 aromatic carbocycles. The molecule has 0 aliphatic carbocycles. The van der Waals surface area contributed by atoms with E-state index in [1.54, 1.807) is 0 Å². The lowest BCUT2D eigenvalue weighted by atomic mass is 9.86. The lowest BCUT2D eigenvalue weighted by Crippen LogP contribution is -2.10. The molecular weight excluding hydrogens is 613 g/mol. The zero-order valence-corrected chi connectivity index (χ0v) is 28.6. The molecule has 0 N–H and O–H groups in total. The number of thiophene rings is 1. The second-order valence-corrected chi connectivity index (χ2v) is 15.3. The maximum absolute atomic E-state index is 2.50. The quantitative estimate of drug-likeness (QED) is 0.181. The third-order valence-electron chi connectivity index (χ3n) is 10.3. The minimum atomic E-state index is 0.144. The van der Waals surface area contributed by atoms with Crippen LogP contribution < -0.4 is 0 Å². The summed E-state index contributed by atoms with van der Waals surface area (Å²) < 4.78 is 7.56. The Bertz CT molecular complexity index is 2890. The first kappa shape index (κ1) is 28.4. The molecule has 0 atom stereocenters. The minimum absolute atomic E-state index is 0.144. The number of aromatic nitrogens is 2. The van der Waals surface area contributed by atoms with Gasteiger partial charge in [-0.3, -0.25) is 0 Å². The molecule has 3 heterocycles. The normalized spacial score (nSPS) is 12.4. The number of hydrogen-bond acceptors (Lipinski definition) is 1. The van der Waals surface area contributed by atoms with Gasteiger partial charge in [0.05, 0.1) is 22.1 Å². The predicted octanol–water partition coefficient (Wildman–Crippen LogP) is 13.2. The van der Waals surface area contributed by atoms with E-state index in [0.29, 0.717) is 0 Å². The molecule has 0 saturated heterocycles. The molecular formula is C46H34N2S. The zero-order chi connectivity index (χ0) is 32.9. The van der Waals surface area contributed by atoms with Crippen molar-refractivity contribution in [2.45, 2.75) is 26.2 Å². The van der Waals surface area contributed by atoms with E-state index in [0.717, 1.165) is 5.69 Å². The molecule has 0 bridgehead atoms. The van der Waals surface area contributed by atoms with Crippen molar-refractivity contribution in [3.05, 3.63) is 157 Å². The van der Waals surface area contributed by atoms with Crippen molar-refractivity contribution in [1.29, 1.82) is 0 Å². The van der Waals surface area contributed by atoms with Crippen LogP contribution in [-0.2, 0) is 5.41 Å². The van der Waals surface area contributed by atoms with Crippen LogP contribution in [0, 0.1) is 0 Å². The second-order valence-electron chi connectivity index (χ2n) is 14.2. The molecule has 3 heteroatoms. The van der Waals surface area contributed by atoms with Crippen LogP contribution in [0.15, 0.2) is 152 Å². The molecule has 0 saturated carbocycles. The van der Waals surface area contributed by atoms with Gasteiger partial charge in [-0.15, -0.1) is 11.3 Å². The van der Waals surface area contributed by atoms with Crippen molar-refractivity contribution >= 4 is 75.1 Å². The maximum Gasteiger partial charge on any atom is 0.0634 e. The number of fused-ring (bicyclic) bond motifs is 10. The Hall–Kier alpha value is -5.64. The predicted molar refractivity (Wildman–Crippen MR) is 212 cm³/mol. The molecule has 0 amide bonds. The molecule has 0 fully saturated rings. The van der Waals surface area contributed by atoms with E-state index in [-0.39, 0.29) is 5.41 Å². The maximum atomic E-state index is 2.50. The van der Waals surface area contributed by atoms with E-state index >= 15 is 0 Å². The van der Waals surface area contributed by atoms with E-state index in [1.165, 1.54) is 86.2 Å². The van der Waals surface area contributed by atoms with Crippen molar-refractivity contribution < 1.29 is 0 Å². The Morgan fingerprint density at radius 3 is 1.71 bits per heavy atom. The highest BCUT2D eigenvalue weighted by Crippen LogP contribution is 2.44. The first-order valence-electron chi connectivity index (χ1n) is 17.0. The largest absolute Gasteiger partial charge is 0.309 e. The van der Waals surface area contributed by atoms with Crippen LogP contribution >= 0.6 is 11.3 Å². The van der Waals surface area contributed by atoms with E-state index < -0.39 is 0 Å². The molecule has 10 aromatic rings. The Balaban J connectivity index is 1.17. The summed E-state index contributed by atoms with van der Waals surface area (Å²) in [6, 6.07) is 56.2. The van der Waals surface area contributed by atoms with Crippen LogP contribution in [0.5, 0.6) is 0 Å². The average molecular weight is 647 g/mol. The van der Waals surface area contributed by atoms with Crippen LogP contribution in [0.25, 0.3) is 86.3 Å². The summed E-state index contributed by atoms with van der Waals surface area (Å²) in [7, 11) is 0. The molecule has 0 unspecified atom stereocenters. The molecule has 0 spiro atoms. The summed E-state index contributed by atoms with van der Waals surface area (Å²) in [6.45, 7) is 6.79. The summed E-state index contributed by atoms with van der Waals surface area (Å²) >= 11 is 1.88. The monoisotopic (exact) mass is 646 g/mol. The van der Waals surface area contributed by atoms with Crippen molar-refractivity contribution in [2.24, 2.45) is 0 Å². The first-order chi connectivity index (χ1) is 23.9. The van der Waals surface area contributed by atoms with Gasteiger partial charge in [0.1, 0.15) is 0 Å². The van der Waals surface area contributed by atoms with Crippen molar-refractivity contribution in [3.63, 3.8) is 0 Å². The lowest BCUT2D eigenvalue weighted by Gasteiger charge is -2.19. The van der Waals surface area contributed by atoms with Gasteiger partial charge in [-0.25, -0.2) is 0 Å². The minimum Gasteiger partial charge on any atom is -0.309 e.